The number of rotatable bonds is 5. The number of benzene rings is 1. The van der Waals surface area contributed by atoms with E-state index < -0.39 is 0 Å². The van der Waals surface area contributed by atoms with Gasteiger partial charge in [-0.15, -0.1) is 0 Å². The second-order valence-corrected chi connectivity index (χ2v) is 6.63. The molecule has 0 unspecified atom stereocenters. The van der Waals surface area contributed by atoms with Crippen molar-refractivity contribution in [3.05, 3.63) is 41.7 Å². The fourth-order valence-electron chi connectivity index (χ4n) is 3.28. The smallest absolute Gasteiger partial charge is 0.227 e. The Morgan fingerprint density at radius 3 is 2.50 bits per heavy atom. The van der Waals surface area contributed by atoms with Gasteiger partial charge in [-0.2, -0.15) is 0 Å². The minimum atomic E-state index is -0.00756. The van der Waals surface area contributed by atoms with Crippen LogP contribution in [0.5, 0.6) is 5.75 Å². The van der Waals surface area contributed by atoms with E-state index in [1.54, 1.807) is 0 Å². The van der Waals surface area contributed by atoms with Crippen molar-refractivity contribution in [1.82, 2.24) is 9.97 Å². The molecule has 6 nitrogen and oxygen atoms in total. The van der Waals surface area contributed by atoms with E-state index in [0.717, 1.165) is 49.0 Å². The highest BCUT2D eigenvalue weighted by Crippen LogP contribution is 2.27. The Kier molecular flexibility index (Phi) is 5.71. The summed E-state index contributed by atoms with van der Waals surface area (Å²) in [4.78, 5) is 23.9. The number of piperidine rings is 1. The van der Waals surface area contributed by atoms with Crippen LogP contribution in [0.25, 0.3) is 0 Å². The maximum absolute atomic E-state index is 12.7. The molecular weight excluding hydrogens is 328 g/mol. The van der Waals surface area contributed by atoms with Crippen LogP contribution < -0.4 is 15.0 Å². The summed E-state index contributed by atoms with van der Waals surface area (Å²) in [5.41, 5.74) is 2.68. The third kappa shape index (κ3) is 4.31. The van der Waals surface area contributed by atoms with Gasteiger partial charge >= 0.3 is 0 Å². The largest absolute Gasteiger partial charge is 0.492 e. The highest BCUT2D eigenvalue weighted by atomic mass is 16.5. The molecule has 2 aromatic rings. The average molecular weight is 354 g/mol. The van der Waals surface area contributed by atoms with Gasteiger partial charge in [0.2, 0.25) is 11.9 Å². The fourth-order valence-corrected chi connectivity index (χ4v) is 3.28. The first-order valence-electron chi connectivity index (χ1n) is 9.16. The number of nitrogens with zero attached hydrogens (tertiary/aromatic N) is 3. The first kappa shape index (κ1) is 18.2. The predicted molar refractivity (Wildman–Crippen MR) is 103 cm³/mol. The second kappa shape index (κ2) is 8.17. The van der Waals surface area contributed by atoms with Crippen LogP contribution in [0.2, 0.25) is 0 Å². The quantitative estimate of drug-likeness (QED) is 0.892. The molecule has 1 saturated heterocycles. The van der Waals surface area contributed by atoms with Gasteiger partial charge in [-0.3, -0.25) is 4.79 Å². The molecule has 1 aliphatic heterocycles. The van der Waals surface area contributed by atoms with E-state index in [9.17, 15) is 4.79 Å². The zero-order valence-electron chi connectivity index (χ0n) is 15.7. The molecule has 6 heteroatoms. The standard InChI is InChI=1S/C20H26N4O2/c1-4-26-18-8-6-5-7-17(18)23-19(25)16-9-11-24(12-10-16)20-21-14(2)13-15(3)22-20/h5-8,13,16H,4,9-12H2,1-3H3,(H,23,25). The minimum absolute atomic E-state index is 0.00756. The number of para-hydroxylation sites is 2. The Bertz CT molecular complexity index is 750. The molecule has 26 heavy (non-hydrogen) atoms. The van der Waals surface area contributed by atoms with Gasteiger partial charge in [-0.1, -0.05) is 12.1 Å². The van der Waals surface area contributed by atoms with Crippen LogP contribution in [-0.4, -0.2) is 35.6 Å². The number of aryl methyl sites for hydroxylation is 2. The Morgan fingerprint density at radius 1 is 1.19 bits per heavy atom. The van der Waals surface area contributed by atoms with Crippen molar-refractivity contribution in [2.45, 2.75) is 33.6 Å². The number of hydrogen-bond acceptors (Lipinski definition) is 5. The second-order valence-electron chi connectivity index (χ2n) is 6.63. The third-order valence-corrected chi connectivity index (χ3v) is 4.56. The monoisotopic (exact) mass is 354 g/mol. The zero-order valence-corrected chi connectivity index (χ0v) is 15.7. The summed E-state index contributed by atoms with van der Waals surface area (Å²) in [6.45, 7) is 8.04. The molecule has 0 atom stereocenters. The van der Waals surface area contributed by atoms with Gasteiger partial charge in [0, 0.05) is 30.4 Å². The lowest BCUT2D eigenvalue weighted by Gasteiger charge is -2.31. The van der Waals surface area contributed by atoms with Crippen LogP contribution in [0.15, 0.2) is 30.3 Å². The van der Waals surface area contributed by atoms with E-state index in [4.69, 9.17) is 4.74 Å². The van der Waals surface area contributed by atoms with Crippen LogP contribution in [-0.2, 0) is 4.79 Å². The minimum Gasteiger partial charge on any atom is -0.492 e. The van der Waals surface area contributed by atoms with Gasteiger partial charge in [0.1, 0.15) is 5.75 Å². The third-order valence-electron chi connectivity index (χ3n) is 4.56. The van der Waals surface area contributed by atoms with Crippen molar-refractivity contribution >= 4 is 17.5 Å². The maximum atomic E-state index is 12.7. The first-order chi connectivity index (χ1) is 12.6. The first-order valence-corrected chi connectivity index (χ1v) is 9.16. The molecule has 1 fully saturated rings. The van der Waals surface area contributed by atoms with Crippen molar-refractivity contribution < 1.29 is 9.53 Å². The van der Waals surface area contributed by atoms with Crippen molar-refractivity contribution in [2.75, 3.05) is 29.9 Å². The molecule has 0 bridgehead atoms. The van der Waals surface area contributed by atoms with E-state index in [0.29, 0.717) is 12.4 Å². The summed E-state index contributed by atoms with van der Waals surface area (Å²) in [5, 5.41) is 3.02. The number of amides is 1. The zero-order chi connectivity index (χ0) is 18.5. The van der Waals surface area contributed by atoms with Crippen molar-refractivity contribution in [3.63, 3.8) is 0 Å². The topological polar surface area (TPSA) is 67.3 Å². The highest BCUT2D eigenvalue weighted by Gasteiger charge is 2.26. The van der Waals surface area contributed by atoms with Crippen LogP contribution in [0, 0.1) is 19.8 Å². The molecule has 1 aromatic heterocycles. The van der Waals surface area contributed by atoms with E-state index in [2.05, 4.69) is 20.2 Å². The maximum Gasteiger partial charge on any atom is 0.227 e. The lowest BCUT2D eigenvalue weighted by Crippen LogP contribution is -2.39. The van der Waals surface area contributed by atoms with Crippen molar-refractivity contribution in [1.29, 1.82) is 0 Å². The van der Waals surface area contributed by atoms with Gasteiger partial charge in [0.25, 0.3) is 0 Å². The van der Waals surface area contributed by atoms with Gasteiger partial charge in [0.05, 0.1) is 12.3 Å². The normalized spacial score (nSPS) is 15.0. The number of carbonyl (C=O) groups excluding carboxylic acids is 1. The molecule has 1 amide bonds. The van der Waals surface area contributed by atoms with Gasteiger partial charge in [-0.25, -0.2) is 9.97 Å². The summed E-state index contributed by atoms with van der Waals surface area (Å²) in [6.07, 6.45) is 1.58. The molecule has 0 saturated carbocycles. The summed E-state index contributed by atoms with van der Waals surface area (Å²) < 4.78 is 5.58. The van der Waals surface area contributed by atoms with E-state index in [-0.39, 0.29) is 11.8 Å². The predicted octanol–water partition coefficient (Wildman–Crippen LogP) is 3.35. The number of carbonyl (C=O) groups is 1. The van der Waals surface area contributed by atoms with Crippen molar-refractivity contribution in [2.24, 2.45) is 5.92 Å². The number of nitrogens with one attached hydrogen (secondary N) is 1. The van der Waals surface area contributed by atoms with E-state index in [1.165, 1.54) is 0 Å². The van der Waals surface area contributed by atoms with E-state index >= 15 is 0 Å². The summed E-state index contributed by atoms with van der Waals surface area (Å²) in [5.74, 6) is 1.53. The highest BCUT2D eigenvalue weighted by molar-refractivity contribution is 5.94. The Hall–Kier alpha value is -2.63. The molecule has 0 aliphatic carbocycles. The Morgan fingerprint density at radius 2 is 1.85 bits per heavy atom. The molecule has 1 N–H and O–H groups in total. The van der Waals surface area contributed by atoms with Crippen LogP contribution >= 0.6 is 0 Å². The van der Waals surface area contributed by atoms with Crippen LogP contribution in [0.3, 0.4) is 0 Å². The summed E-state index contributed by atoms with van der Waals surface area (Å²) >= 11 is 0. The van der Waals surface area contributed by atoms with Crippen LogP contribution in [0.4, 0.5) is 11.6 Å². The molecule has 3 rings (SSSR count). The Labute approximate surface area is 154 Å². The van der Waals surface area contributed by atoms with Crippen molar-refractivity contribution in [3.8, 4) is 5.75 Å². The van der Waals surface area contributed by atoms with Gasteiger partial charge < -0.3 is 15.0 Å². The Balaban J connectivity index is 1.60. The molecule has 1 aromatic carbocycles. The molecule has 1 aliphatic rings. The molecule has 0 radical (unpaired) electrons. The number of ether oxygens (including phenoxy) is 1. The summed E-state index contributed by atoms with van der Waals surface area (Å²) in [6, 6.07) is 9.53. The van der Waals surface area contributed by atoms with Gasteiger partial charge in [-0.05, 0) is 51.8 Å². The molecule has 138 valence electrons. The summed E-state index contributed by atoms with van der Waals surface area (Å²) in [7, 11) is 0. The number of hydrogen-bond donors (Lipinski definition) is 1. The fraction of sp³-hybridized carbons (Fsp3) is 0.450. The lowest BCUT2D eigenvalue weighted by atomic mass is 9.96. The molecule has 0 spiro atoms. The SMILES string of the molecule is CCOc1ccccc1NC(=O)C1CCN(c2nc(C)cc(C)n2)CC1. The number of anilines is 2. The number of aromatic nitrogens is 2. The molecular formula is C20H26N4O2. The van der Waals surface area contributed by atoms with Crippen LogP contribution in [0.1, 0.15) is 31.2 Å². The van der Waals surface area contributed by atoms with E-state index in [1.807, 2.05) is 51.1 Å². The average Bonchev–Trinajstić information content (AvgIpc) is 2.63. The lowest BCUT2D eigenvalue weighted by molar-refractivity contribution is -0.120. The van der Waals surface area contributed by atoms with Gasteiger partial charge in [0.15, 0.2) is 0 Å². The molecule has 2 heterocycles.